The summed E-state index contributed by atoms with van der Waals surface area (Å²) in [6, 6.07) is 6.55. The summed E-state index contributed by atoms with van der Waals surface area (Å²) in [4.78, 5) is 12.1. The summed E-state index contributed by atoms with van der Waals surface area (Å²) >= 11 is 0. The maximum absolute atomic E-state index is 12.1. The van der Waals surface area contributed by atoms with Crippen molar-refractivity contribution in [1.82, 2.24) is 5.32 Å². The lowest BCUT2D eigenvalue weighted by Gasteiger charge is -2.27. The van der Waals surface area contributed by atoms with Gasteiger partial charge in [-0.15, -0.1) is 0 Å². The molecule has 1 unspecified atom stereocenters. The molecule has 1 aliphatic carbocycles. The highest BCUT2D eigenvalue weighted by Gasteiger charge is 2.35. The van der Waals surface area contributed by atoms with Crippen molar-refractivity contribution >= 4 is 5.97 Å². The number of esters is 1. The fourth-order valence-electron chi connectivity index (χ4n) is 2.91. The van der Waals surface area contributed by atoms with Gasteiger partial charge in [0, 0.05) is 6.04 Å². The third kappa shape index (κ3) is 2.88. The highest BCUT2D eigenvalue weighted by atomic mass is 16.6. The number of hydrogen-bond acceptors (Lipinski definition) is 3. The van der Waals surface area contributed by atoms with Crippen LogP contribution in [0.25, 0.3) is 0 Å². The van der Waals surface area contributed by atoms with E-state index in [1.54, 1.807) is 0 Å². The van der Waals surface area contributed by atoms with E-state index in [-0.39, 0.29) is 5.97 Å². The monoisotopic (exact) mass is 273 g/mol. The van der Waals surface area contributed by atoms with E-state index in [0.29, 0.717) is 11.6 Å². The molecule has 1 heterocycles. The van der Waals surface area contributed by atoms with Gasteiger partial charge in [-0.05, 0) is 75.8 Å². The van der Waals surface area contributed by atoms with Crippen molar-refractivity contribution in [3.63, 3.8) is 0 Å². The molecule has 0 amide bonds. The first-order chi connectivity index (χ1) is 9.44. The van der Waals surface area contributed by atoms with E-state index in [9.17, 15) is 4.79 Å². The Kier molecular flexibility index (Phi) is 3.33. The predicted molar refractivity (Wildman–Crippen MR) is 78.8 cm³/mol. The smallest absolute Gasteiger partial charge is 0.338 e. The minimum Gasteiger partial charge on any atom is -0.456 e. The molecule has 0 spiro atoms. The molecule has 0 radical (unpaired) electrons. The summed E-state index contributed by atoms with van der Waals surface area (Å²) in [6.07, 6.45) is 3.64. The van der Waals surface area contributed by atoms with Crippen LogP contribution in [0.15, 0.2) is 18.2 Å². The van der Waals surface area contributed by atoms with Gasteiger partial charge in [0.05, 0.1) is 5.56 Å². The zero-order valence-corrected chi connectivity index (χ0v) is 12.5. The molecular weight excluding hydrogens is 250 g/mol. The Bertz CT molecular complexity index is 526. The van der Waals surface area contributed by atoms with E-state index in [2.05, 4.69) is 11.4 Å². The van der Waals surface area contributed by atoms with Crippen LogP contribution in [-0.2, 0) is 11.2 Å². The molecule has 1 atom stereocenters. The Labute approximate surface area is 120 Å². The van der Waals surface area contributed by atoms with Crippen LogP contribution in [0.5, 0.6) is 0 Å². The Morgan fingerprint density at radius 1 is 1.30 bits per heavy atom. The Morgan fingerprint density at radius 3 is 2.70 bits per heavy atom. The molecular formula is C17H23NO2. The van der Waals surface area contributed by atoms with Crippen LogP contribution in [0.4, 0.5) is 0 Å². The second-order valence-electron chi connectivity index (χ2n) is 6.93. The van der Waals surface area contributed by atoms with Gasteiger partial charge in [-0.1, -0.05) is 6.07 Å². The van der Waals surface area contributed by atoms with Gasteiger partial charge in [0.1, 0.15) is 5.60 Å². The summed E-state index contributed by atoms with van der Waals surface area (Å²) in [5, 5.41) is 3.61. The largest absolute Gasteiger partial charge is 0.456 e. The van der Waals surface area contributed by atoms with Gasteiger partial charge in [-0.3, -0.25) is 0 Å². The second-order valence-corrected chi connectivity index (χ2v) is 6.93. The molecule has 3 rings (SSSR count). The zero-order valence-electron chi connectivity index (χ0n) is 12.5. The van der Waals surface area contributed by atoms with Crippen molar-refractivity contribution in [3.8, 4) is 0 Å². The van der Waals surface area contributed by atoms with Crippen LogP contribution in [0, 0.1) is 5.92 Å². The van der Waals surface area contributed by atoms with Gasteiger partial charge in [0.2, 0.25) is 0 Å². The fourth-order valence-corrected chi connectivity index (χ4v) is 2.91. The third-order valence-corrected chi connectivity index (χ3v) is 3.96. The van der Waals surface area contributed by atoms with Crippen molar-refractivity contribution < 1.29 is 9.53 Å². The van der Waals surface area contributed by atoms with Gasteiger partial charge in [-0.25, -0.2) is 4.79 Å². The molecule has 0 saturated heterocycles. The molecule has 20 heavy (non-hydrogen) atoms. The lowest BCUT2D eigenvalue weighted by molar-refractivity contribution is 0.00693. The highest BCUT2D eigenvalue weighted by Crippen LogP contribution is 2.43. The molecule has 1 N–H and O–H groups in total. The molecule has 1 saturated carbocycles. The minimum atomic E-state index is -0.439. The summed E-state index contributed by atoms with van der Waals surface area (Å²) < 4.78 is 5.45. The second kappa shape index (κ2) is 4.88. The van der Waals surface area contributed by atoms with Crippen molar-refractivity contribution in [2.75, 3.05) is 6.54 Å². The normalized spacial score (nSPS) is 22.2. The van der Waals surface area contributed by atoms with Crippen LogP contribution < -0.4 is 5.32 Å². The quantitative estimate of drug-likeness (QED) is 0.841. The van der Waals surface area contributed by atoms with Gasteiger partial charge >= 0.3 is 5.97 Å². The van der Waals surface area contributed by atoms with E-state index in [1.807, 2.05) is 32.9 Å². The number of hydrogen-bond donors (Lipinski definition) is 1. The fraction of sp³-hybridized carbons (Fsp3) is 0.588. The van der Waals surface area contributed by atoms with Crippen LogP contribution in [0.1, 0.15) is 61.1 Å². The van der Waals surface area contributed by atoms with Gasteiger partial charge in [-0.2, -0.15) is 0 Å². The molecule has 1 aromatic carbocycles. The standard InChI is InChI=1S/C17H23NO2/c1-17(2,3)20-16(19)13-6-7-14-12(10-13)8-9-18-15(14)11-4-5-11/h6-7,10-11,15,18H,4-5,8-9H2,1-3H3. The molecule has 0 bridgehead atoms. The summed E-state index contributed by atoms with van der Waals surface area (Å²) in [5.41, 5.74) is 2.93. The van der Waals surface area contributed by atoms with Crippen LogP contribution in [0.3, 0.4) is 0 Å². The summed E-state index contributed by atoms with van der Waals surface area (Å²) in [7, 11) is 0. The number of carbonyl (C=O) groups excluding carboxylic acids is 1. The first-order valence-electron chi connectivity index (χ1n) is 7.53. The van der Waals surface area contributed by atoms with Crippen LogP contribution in [-0.4, -0.2) is 18.1 Å². The van der Waals surface area contributed by atoms with Crippen LogP contribution >= 0.6 is 0 Å². The molecule has 2 aliphatic rings. The molecule has 108 valence electrons. The van der Waals surface area contributed by atoms with Crippen molar-refractivity contribution in [2.24, 2.45) is 5.92 Å². The lowest BCUT2D eigenvalue weighted by Crippen LogP contribution is -2.31. The summed E-state index contributed by atoms with van der Waals surface area (Å²) in [6.45, 7) is 6.70. The zero-order chi connectivity index (χ0) is 14.3. The van der Waals surface area contributed by atoms with E-state index < -0.39 is 5.60 Å². The number of rotatable bonds is 2. The average molecular weight is 273 g/mol. The van der Waals surface area contributed by atoms with Crippen molar-refractivity contribution in [2.45, 2.75) is 51.7 Å². The predicted octanol–water partition coefficient (Wildman–Crippen LogP) is 3.24. The number of ether oxygens (including phenoxy) is 1. The molecule has 0 aromatic heterocycles. The number of carbonyl (C=O) groups is 1. The Morgan fingerprint density at radius 2 is 2.05 bits per heavy atom. The Balaban J connectivity index is 1.83. The van der Waals surface area contributed by atoms with E-state index in [0.717, 1.165) is 18.9 Å². The molecule has 1 aliphatic heterocycles. The molecule has 1 aromatic rings. The molecule has 3 heteroatoms. The first-order valence-corrected chi connectivity index (χ1v) is 7.53. The molecule has 3 nitrogen and oxygen atoms in total. The van der Waals surface area contributed by atoms with E-state index in [4.69, 9.17) is 4.74 Å². The number of benzene rings is 1. The van der Waals surface area contributed by atoms with Crippen LogP contribution in [0.2, 0.25) is 0 Å². The first kappa shape index (κ1) is 13.6. The van der Waals surface area contributed by atoms with E-state index >= 15 is 0 Å². The maximum Gasteiger partial charge on any atom is 0.338 e. The summed E-state index contributed by atoms with van der Waals surface area (Å²) in [5.74, 6) is 0.572. The van der Waals surface area contributed by atoms with Crippen molar-refractivity contribution in [3.05, 3.63) is 34.9 Å². The topological polar surface area (TPSA) is 38.3 Å². The lowest BCUT2D eigenvalue weighted by atomic mass is 9.90. The van der Waals surface area contributed by atoms with Crippen molar-refractivity contribution in [1.29, 1.82) is 0 Å². The minimum absolute atomic E-state index is 0.221. The maximum atomic E-state index is 12.1. The van der Waals surface area contributed by atoms with E-state index in [1.165, 1.54) is 24.0 Å². The van der Waals surface area contributed by atoms with Gasteiger partial charge < -0.3 is 10.1 Å². The van der Waals surface area contributed by atoms with Gasteiger partial charge in [0.25, 0.3) is 0 Å². The highest BCUT2D eigenvalue weighted by molar-refractivity contribution is 5.90. The average Bonchev–Trinajstić information content (AvgIpc) is 3.19. The SMILES string of the molecule is CC(C)(C)OC(=O)c1ccc2c(c1)CCNC2C1CC1. The number of fused-ring (bicyclic) bond motifs is 1. The molecule has 1 fully saturated rings. The number of nitrogens with one attached hydrogen (secondary N) is 1. The Hall–Kier alpha value is -1.35. The van der Waals surface area contributed by atoms with Gasteiger partial charge in [0.15, 0.2) is 0 Å². The third-order valence-electron chi connectivity index (χ3n) is 3.96.